The molecule has 0 saturated carbocycles. The number of ether oxygens (including phenoxy) is 3. The fourth-order valence-corrected chi connectivity index (χ4v) is 4.43. The van der Waals surface area contributed by atoms with E-state index in [9.17, 15) is 18.0 Å². The Morgan fingerprint density at radius 1 is 1.22 bits per heavy atom. The van der Waals surface area contributed by atoms with Gasteiger partial charge in [0.1, 0.15) is 17.2 Å². The molecule has 0 N–H and O–H groups in total. The van der Waals surface area contributed by atoms with Crippen LogP contribution < -0.4 is 4.74 Å². The maximum atomic E-state index is 13.1. The van der Waals surface area contributed by atoms with Gasteiger partial charge in [-0.25, -0.2) is 0 Å². The van der Waals surface area contributed by atoms with E-state index in [1.165, 1.54) is 12.1 Å². The van der Waals surface area contributed by atoms with Gasteiger partial charge in [0.2, 0.25) is 0 Å². The molecule has 1 saturated heterocycles. The Bertz CT molecular complexity index is 970. The molecule has 0 aliphatic carbocycles. The summed E-state index contributed by atoms with van der Waals surface area (Å²) in [5, 5.41) is 0. The summed E-state index contributed by atoms with van der Waals surface area (Å²) in [5.74, 6) is 0.455. The molecular weight excluding hydrogens is 539 g/mol. The molecule has 2 aromatic rings. The minimum absolute atomic E-state index is 0.0479. The summed E-state index contributed by atoms with van der Waals surface area (Å²) >= 11 is 3.40. The Kier molecular flexibility index (Phi) is 10.6. The molecule has 3 unspecified atom stereocenters. The Labute approximate surface area is 219 Å². The van der Waals surface area contributed by atoms with Crippen LogP contribution in [-0.4, -0.2) is 54.6 Å². The van der Waals surface area contributed by atoms with E-state index in [2.05, 4.69) is 20.8 Å². The summed E-state index contributed by atoms with van der Waals surface area (Å²) in [5.41, 5.74) is 0.847. The van der Waals surface area contributed by atoms with E-state index in [-0.39, 0.29) is 12.0 Å². The molecule has 3 rings (SSSR count). The van der Waals surface area contributed by atoms with Gasteiger partial charge < -0.3 is 14.2 Å². The van der Waals surface area contributed by atoms with Crippen LogP contribution in [0.2, 0.25) is 0 Å². The van der Waals surface area contributed by atoms with Gasteiger partial charge >= 0.3 is 12.1 Å². The topological polar surface area (TPSA) is 48.0 Å². The van der Waals surface area contributed by atoms with E-state index < -0.39 is 22.7 Å². The quantitative estimate of drug-likeness (QED) is 0.183. The molecule has 0 radical (unpaired) electrons. The van der Waals surface area contributed by atoms with Gasteiger partial charge in [-0.1, -0.05) is 53.5 Å². The zero-order chi connectivity index (χ0) is 26.1. The highest BCUT2D eigenvalue weighted by Gasteiger charge is 2.32. The van der Waals surface area contributed by atoms with E-state index in [0.717, 1.165) is 24.5 Å². The van der Waals surface area contributed by atoms with E-state index in [4.69, 9.17) is 14.2 Å². The van der Waals surface area contributed by atoms with Gasteiger partial charge in [0, 0.05) is 19.1 Å². The fourth-order valence-electron chi connectivity index (χ4n) is 3.93. The van der Waals surface area contributed by atoms with Crippen LogP contribution in [0.1, 0.15) is 49.5 Å². The van der Waals surface area contributed by atoms with Crippen LogP contribution in [0.5, 0.6) is 5.75 Å². The molecule has 198 valence electrons. The summed E-state index contributed by atoms with van der Waals surface area (Å²) in [6, 6.07) is 13.0. The van der Waals surface area contributed by atoms with Crippen molar-refractivity contribution in [3.63, 3.8) is 0 Å². The number of hydrogen-bond acceptors (Lipinski definition) is 5. The first-order valence-electron chi connectivity index (χ1n) is 12.2. The molecule has 0 bridgehead atoms. The largest absolute Gasteiger partial charge is 0.492 e. The Morgan fingerprint density at radius 2 is 1.97 bits per heavy atom. The van der Waals surface area contributed by atoms with Crippen LogP contribution in [0, 0.1) is 0 Å². The fraction of sp³-hybridized carbons (Fsp3) is 0.519. The molecule has 1 aliphatic rings. The van der Waals surface area contributed by atoms with Gasteiger partial charge in [0.25, 0.3) is 0 Å². The number of esters is 1. The molecule has 1 heterocycles. The molecule has 0 spiro atoms. The van der Waals surface area contributed by atoms with Crippen molar-refractivity contribution in [3.8, 4) is 5.75 Å². The molecular formula is C27H33BrF3NO4. The second kappa shape index (κ2) is 13.4. The predicted octanol–water partition coefficient (Wildman–Crippen LogP) is 6.20. The predicted molar refractivity (Wildman–Crippen MR) is 135 cm³/mol. The SMILES string of the molecule is CCCCOC(=O)C(Br)Cc1ccc(OCC(C)N2CCOC(c3cccc(C(F)(F)F)c3)C2)cc1. The van der Waals surface area contributed by atoms with Gasteiger partial charge in [-0.2, -0.15) is 13.2 Å². The van der Waals surface area contributed by atoms with E-state index >= 15 is 0 Å². The lowest BCUT2D eigenvalue weighted by Gasteiger charge is -2.37. The van der Waals surface area contributed by atoms with Crippen LogP contribution in [0.15, 0.2) is 48.5 Å². The van der Waals surface area contributed by atoms with Gasteiger partial charge in [0.05, 0.1) is 24.9 Å². The van der Waals surface area contributed by atoms with Crippen molar-refractivity contribution in [1.29, 1.82) is 0 Å². The van der Waals surface area contributed by atoms with Crippen LogP contribution in [-0.2, 0) is 26.9 Å². The smallest absolute Gasteiger partial charge is 0.416 e. The Hall–Kier alpha value is -2.10. The minimum Gasteiger partial charge on any atom is -0.492 e. The van der Waals surface area contributed by atoms with Crippen molar-refractivity contribution in [2.75, 3.05) is 32.9 Å². The van der Waals surface area contributed by atoms with Crippen molar-refractivity contribution in [1.82, 2.24) is 4.90 Å². The monoisotopic (exact) mass is 571 g/mol. The number of halogens is 4. The summed E-state index contributed by atoms with van der Waals surface area (Å²) in [7, 11) is 0. The molecule has 9 heteroatoms. The number of benzene rings is 2. The number of carbonyl (C=O) groups excluding carboxylic acids is 1. The van der Waals surface area contributed by atoms with Crippen LogP contribution in [0.25, 0.3) is 0 Å². The zero-order valence-corrected chi connectivity index (χ0v) is 22.2. The summed E-state index contributed by atoms with van der Waals surface area (Å²) < 4.78 is 56.3. The average molecular weight is 572 g/mol. The number of nitrogens with zero attached hydrogens (tertiary/aromatic N) is 1. The lowest BCUT2D eigenvalue weighted by molar-refractivity contribution is -0.143. The van der Waals surface area contributed by atoms with Crippen molar-refractivity contribution in [2.24, 2.45) is 0 Å². The minimum atomic E-state index is -4.38. The second-order valence-corrected chi connectivity index (χ2v) is 10.1. The molecule has 0 amide bonds. The summed E-state index contributed by atoms with van der Waals surface area (Å²) in [6.45, 7) is 6.55. The number of hydrogen-bond donors (Lipinski definition) is 0. The van der Waals surface area contributed by atoms with Gasteiger partial charge in [-0.05, 0) is 55.2 Å². The third-order valence-electron chi connectivity index (χ3n) is 6.13. The molecule has 0 aromatic heterocycles. The number of rotatable bonds is 11. The molecule has 1 aliphatic heterocycles. The number of alkyl halides is 4. The first kappa shape index (κ1) is 28.5. The Balaban J connectivity index is 1.48. The average Bonchev–Trinajstić information content (AvgIpc) is 2.87. The number of carbonyl (C=O) groups is 1. The highest BCUT2D eigenvalue weighted by atomic mass is 79.9. The van der Waals surface area contributed by atoms with E-state index in [0.29, 0.717) is 50.6 Å². The third-order valence-corrected chi connectivity index (χ3v) is 6.83. The molecule has 1 fully saturated rings. The maximum Gasteiger partial charge on any atom is 0.416 e. The van der Waals surface area contributed by atoms with Crippen molar-refractivity contribution in [3.05, 3.63) is 65.2 Å². The normalized spacial score (nSPS) is 18.4. The summed E-state index contributed by atoms with van der Waals surface area (Å²) in [6.07, 6.45) is -2.46. The molecule has 5 nitrogen and oxygen atoms in total. The van der Waals surface area contributed by atoms with Gasteiger partial charge in [0.15, 0.2) is 0 Å². The van der Waals surface area contributed by atoms with Crippen LogP contribution in [0.3, 0.4) is 0 Å². The van der Waals surface area contributed by atoms with Crippen LogP contribution >= 0.6 is 15.9 Å². The summed E-state index contributed by atoms with van der Waals surface area (Å²) in [4.78, 5) is 13.8. The number of unbranched alkanes of at least 4 members (excludes halogenated alkanes) is 1. The van der Waals surface area contributed by atoms with Gasteiger partial charge in [-0.15, -0.1) is 0 Å². The van der Waals surface area contributed by atoms with E-state index in [1.807, 2.05) is 38.1 Å². The van der Waals surface area contributed by atoms with Crippen molar-refractivity contribution >= 4 is 21.9 Å². The standard InChI is InChI=1S/C27H33BrF3NO4/c1-3-4-13-35-26(33)24(28)15-20-8-10-23(11-9-20)36-18-19(2)32-12-14-34-25(17-32)21-6-5-7-22(16-21)27(29,30)31/h5-11,16,19,24-25H,3-4,12-15,17-18H2,1-2H3. The van der Waals surface area contributed by atoms with E-state index in [1.54, 1.807) is 6.07 Å². The molecule has 36 heavy (non-hydrogen) atoms. The maximum absolute atomic E-state index is 13.1. The number of morpholine rings is 1. The first-order valence-corrected chi connectivity index (χ1v) is 13.1. The third kappa shape index (κ3) is 8.49. The second-order valence-electron chi connectivity index (χ2n) is 8.97. The molecule has 2 aromatic carbocycles. The lowest BCUT2D eigenvalue weighted by Crippen LogP contribution is -2.45. The highest BCUT2D eigenvalue weighted by Crippen LogP contribution is 2.32. The van der Waals surface area contributed by atoms with Crippen molar-refractivity contribution in [2.45, 2.75) is 56.3 Å². The highest BCUT2D eigenvalue weighted by molar-refractivity contribution is 9.10. The zero-order valence-electron chi connectivity index (χ0n) is 20.6. The molecule has 3 atom stereocenters. The lowest BCUT2D eigenvalue weighted by atomic mass is 10.0. The Morgan fingerprint density at radius 3 is 2.67 bits per heavy atom. The van der Waals surface area contributed by atoms with Crippen molar-refractivity contribution < 1.29 is 32.2 Å². The van der Waals surface area contributed by atoms with Gasteiger partial charge in [-0.3, -0.25) is 9.69 Å². The van der Waals surface area contributed by atoms with Crippen LogP contribution in [0.4, 0.5) is 13.2 Å². The first-order chi connectivity index (χ1) is 17.2.